The molecule has 5 heterocycles. The lowest BCUT2D eigenvalue weighted by Gasteiger charge is -2.33. The molecule has 0 radical (unpaired) electrons. The third kappa shape index (κ3) is 7.07. The van der Waals surface area contributed by atoms with Crippen LogP contribution in [0.3, 0.4) is 0 Å². The van der Waals surface area contributed by atoms with Gasteiger partial charge in [-0.25, -0.2) is 19.4 Å². The zero-order valence-corrected chi connectivity index (χ0v) is 30.8. The van der Waals surface area contributed by atoms with Crippen LogP contribution in [0, 0.1) is 16.7 Å². The Balaban J connectivity index is 1.07. The number of halogens is 3. The van der Waals surface area contributed by atoms with Crippen LogP contribution in [0.4, 0.5) is 24.8 Å². The van der Waals surface area contributed by atoms with E-state index in [4.69, 9.17) is 14.5 Å². The number of carbonyl (C=O) groups is 1. The molecule has 4 aromatic rings. The van der Waals surface area contributed by atoms with E-state index in [0.29, 0.717) is 36.5 Å². The van der Waals surface area contributed by atoms with Gasteiger partial charge in [-0.15, -0.1) is 5.10 Å². The number of amides is 1. The number of ether oxygens (including phenoxy) is 2. The van der Waals surface area contributed by atoms with Crippen molar-refractivity contribution in [2.45, 2.75) is 82.1 Å². The van der Waals surface area contributed by atoms with Gasteiger partial charge in [-0.3, -0.25) is 4.79 Å². The second kappa shape index (κ2) is 13.2. The Morgan fingerprint density at radius 2 is 1.81 bits per heavy atom. The fraction of sp³-hybridized carbons (Fsp3) is 0.474. The summed E-state index contributed by atoms with van der Waals surface area (Å²) in [5.74, 6) is 1.04. The molecule has 8 rings (SSSR count). The highest BCUT2D eigenvalue weighted by Crippen LogP contribution is 2.64. The van der Waals surface area contributed by atoms with Gasteiger partial charge < -0.3 is 19.7 Å². The number of sulfonamides is 1. The van der Waals surface area contributed by atoms with Gasteiger partial charge in [-0.05, 0) is 87.8 Å². The summed E-state index contributed by atoms with van der Waals surface area (Å²) >= 11 is 0. The van der Waals surface area contributed by atoms with Crippen molar-refractivity contribution in [3.8, 4) is 17.4 Å². The lowest BCUT2D eigenvalue weighted by molar-refractivity contribution is -0.189. The minimum Gasteiger partial charge on any atom is -0.489 e. The van der Waals surface area contributed by atoms with E-state index in [9.17, 15) is 26.4 Å². The topological polar surface area (TPSA) is 141 Å². The molecule has 2 unspecified atom stereocenters. The van der Waals surface area contributed by atoms with Crippen molar-refractivity contribution < 1.29 is 35.9 Å². The van der Waals surface area contributed by atoms with Crippen LogP contribution in [0.5, 0.6) is 11.6 Å². The Morgan fingerprint density at radius 3 is 2.57 bits per heavy atom. The normalized spacial score (nSPS) is 23.5. The van der Waals surface area contributed by atoms with Crippen LogP contribution in [-0.2, 0) is 16.6 Å². The molecule has 1 saturated heterocycles. The van der Waals surface area contributed by atoms with Gasteiger partial charge >= 0.3 is 6.18 Å². The lowest BCUT2D eigenvalue weighted by atomic mass is 9.92. The number of hydrogen-bond acceptors (Lipinski definition) is 10. The second-order valence-electron chi connectivity index (χ2n) is 15.7. The highest BCUT2D eigenvalue weighted by molar-refractivity contribution is 7.90. The number of pyridine rings is 2. The molecule has 2 aliphatic heterocycles. The molecule has 2 atom stereocenters. The molecule has 16 heteroatoms. The first-order chi connectivity index (χ1) is 25.7. The Morgan fingerprint density at radius 1 is 1.02 bits per heavy atom. The summed E-state index contributed by atoms with van der Waals surface area (Å²) < 4.78 is 83.0. The summed E-state index contributed by atoms with van der Waals surface area (Å²) in [6, 6.07) is 17.1. The van der Waals surface area contributed by atoms with Crippen molar-refractivity contribution in [3.63, 3.8) is 0 Å². The number of benzene rings is 1. The Labute approximate surface area is 311 Å². The van der Waals surface area contributed by atoms with Crippen LogP contribution in [-0.4, -0.2) is 65.5 Å². The number of alkyl halides is 3. The molecule has 2 aliphatic carbocycles. The quantitative estimate of drug-likeness (QED) is 0.178. The van der Waals surface area contributed by atoms with Crippen molar-refractivity contribution in [1.29, 1.82) is 0 Å². The van der Waals surface area contributed by atoms with E-state index in [0.717, 1.165) is 24.8 Å². The van der Waals surface area contributed by atoms with Gasteiger partial charge in [0.15, 0.2) is 10.8 Å². The number of nitrogens with one attached hydrogen (secondary N) is 2. The molecule has 54 heavy (non-hydrogen) atoms. The van der Waals surface area contributed by atoms with Crippen LogP contribution in [0.15, 0.2) is 71.9 Å². The molecule has 4 aliphatic rings. The number of fused-ring (bicyclic) bond motifs is 5. The van der Waals surface area contributed by atoms with Crippen molar-refractivity contribution >= 4 is 27.6 Å². The number of rotatable bonds is 9. The molecular weight excluding hydrogens is 724 g/mol. The SMILES string of the molecule is CC1(C)CC23CC2CCNc2cc(OCc4ccccc4)cc(n2)S(=O)(=O)NC(=O)c2ccc(-n4ccc(OCCCC5(C(F)(F)F)CC5)n4)nc2N1C3. The fourth-order valence-corrected chi connectivity index (χ4v) is 9.11. The van der Waals surface area contributed by atoms with Crippen LogP contribution >= 0.6 is 0 Å². The molecule has 2 N–H and O–H groups in total. The van der Waals surface area contributed by atoms with E-state index in [1.807, 2.05) is 30.3 Å². The summed E-state index contributed by atoms with van der Waals surface area (Å²) in [6.45, 7) is 5.69. The van der Waals surface area contributed by atoms with Gasteiger partial charge in [0.25, 0.3) is 15.9 Å². The van der Waals surface area contributed by atoms with Crippen LogP contribution < -0.4 is 24.4 Å². The molecule has 1 spiro atoms. The van der Waals surface area contributed by atoms with Gasteiger partial charge in [-0.2, -0.15) is 21.6 Å². The molecule has 3 aromatic heterocycles. The summed E-state index contributed by atoms with van der Waals surface area (Å²) in [5, 5.41) is 7.37. The predicted octanol–water partition coefficient (Wildman–Crippen LogP) is 6.67. The summed E-state index contributed by atoms with van der Waals surface area (Å²) in [5.41, 5.74) is -1.03. The summed E-state index contributed by atoms with van der Waals surface area (Å²) in [4.78, 5) is 25.4. The number of nitrogens with zero attached hydrogens (tertiary/aromatic N) is 5. The fourth-order valence-electron chi connectivity index (χ4n) is 8.17. The smallest absolute Gasteiger partial charge is 0.394 e. The molecule has 286 valence electrons. The lowest BCUT2D eigenvalue weighted by Crippen LogP contribution is -2.41. The number of carbonyl (C=O) groups excluding carboxylic acids is 1. The van der Waals surface area contributed by atoms with Gasteiger partial charge in [-0.1, -0.05) is 30.3 Å². The van der Waals surface area contributed by atoms with E-state index >= 15 is 0 Å². The van der Waals surface area contributed by atoms with E-state index in [1.165, 1.54) is 16.8 Å². The Bertz CT molecular complexity index is 2170. The number of hydrogen-bond donors (Lipinski definition) is 2. The van der Waals surface area contributed by atoms with Gasteiger partial charge in [0.05, 0.1) is 17.6 Å². The molecule has 12 nitrogen and oxygen atoms in total. The van der Waals surface area contributed by atoms with Crippen LogP contribution in [0.25, 0.3) is 5.82 Å². The largest absolute Gasteiger partial charge is 0.489 e. The third-order valence-electron chi connectivity index (χ3n) is 11.3. The average Bonchev–Trinajstić information content (AvgIpc) is 3.97. The summed E-state index contributed by atoms with van der Waals surface area (Å²) in [6.07, 6.45) is 0.683. The molecule has 1 amide bonds. The molecule has 3 fully saturated rings. The maximum atomic E-state index is 14.0. The van der Waals surface area contributed by atoms with E-state index in [1.54, 1.807) is 24.4 Å². The van der Waals surface area contributed by atoms with Crippen molar-refractivity contribution in [1.82, 2.24) is 24.5 Å². The van der Waals surface area contributed by atoms with E-state index in [-0.39, 0.29) is 66.5 Å². The van der Waals surface area contributed by atoms with E-state index in [2.05, 4.69) is 38.9 Å². The molecule has 4 bridgehead atoms. The maximum absolute atomic E-state index is 14.0. The molecular formula is C38H42F3N7O5S. The summed E-state index contributed by atoms with van der Waals surface area (Å²) in [7, 11) is -4.48. The Hall–Kier alpha value is -4.86. The number of anilines is 2. The zero-order valence-electron chi connectivity index (χ0n) is 30.0. The molecule has 2 saturated carbocycles. The average molecular weight is 766 g/mol. The zero-order chi connectivity index (χ0) is 37.9. The van der Waals surface area contributed by atoms with Crippen molar-refractivity contribution in [2.75, 3.05) is 29.9 Å². The highest BCUT2D eigenvalue weighted by atomic mass is 32.2. The van der Waals surface area contributed by atoms with E-state index < -0.39 is 33.1 Å². The monoisotopic (exact) mass is 765 g/mol. The van der Waals surface area contributed by atoms with Crippen LogP contribution in [0.1, 0.15) is 74.7 Å². The first-order valence-corrected chi connectivity index (χ1v) is 19.7. The van der Waals surface area contributed by atoms with Gasteiger partial charge in [0.2, 0.25) is 5.88 Å². The third-order valence-corrected chi connectivity index (χ3v) is 12.6. The second-order valence-corrected chi connectivity index (χ2v) is 17.3. The van der Waals surface area contributed by atoms with Crippen LogP contribution in [0.2, 0.25) is 0 Å². The maximum Gasteiger partial charge on any atom is 0.394 e. The van der Waals surface area contributed by atoms with Gasteiger partial charge in [0.1, 0.15) is 24.0 Å². The standard InChI is InChI=1S/C38H42F3N7O5S/c1-35(2)23-36-21-26(36)11-16-42-29-19-27(53-22-25-7-4-3-5-8-25)20-32(43-29)54(50,51)46-34(49)28-9-10-30(44-33(28)47(35)24-36)48-17-12-31(45-48)52-18-6-13-37(14-15-37)38(39,40)41/h3-5,7-10,12,17,19-20,26H,6,11,13-16,18,21-24H2,1-2H3,(H,42,43)(H,46,49). The minimum absolute atomic E-state index is 0.0000315. The molecule has 1 aromatic carbocycles. The highest BCUT2D eigenvalue weighted by Gasteiger charge is 2.63. The van der Waals surface area contributed by atoms with Crippen molar-refractivity contribution in [3.05, 3.63) is 78.0 Å². The first-order valence-electron chi connectivity index (χ1n) is 18.2. The predicted molar refractivity (Wildman–Crippen MR) is 193 cm³/mol. The minimum atomic E-state index is -4.48. The van der Waals surface area contributed by atoms with Gasteiger partial charge in [0, 0.05) is 43.0 Å². The van der Waals surface area contributed by atoms with Crippen molar-refractivity contribution in [2.24, 2.45) is 16.7 Å². The number of aromatic nitrogens is 4. The first kappa shape index (κ1) is 36.1. The Kier molecular flexibility index (Phi) is 8.81.